The zero-order chi connectivity index (χ0) is 16.1. The van der Waals surface area contributed by atoms with Gasteiger partial charge in [-0.15, -0.1) is 0 Å². The van der Waals surface area contributed by atoms with Crippen molar-refractivity contribution in [3.05, 3.63) is 58.7 Å². The number of rotatable bonds is 5. The van der Waals surface area contributed by atoms with Crippen LogP contribution in [0.25, 0.3) is 0 Å². The Bertz CT molecular complexity index is 657. The van der Waals surface area contributed by atoms with E-state index in [0.29, 0.717) is 13.0 Å². The van der Waals surface area contributed by atoms with Crippen LogP contribution in [0.2, 0.25) is 0 Å². The number of nitrogens with one attached hydrogen (secondary N) is 1. The molecule has 0 fully saturated rings. The lowest BCUT2D eigenvalue weighted by atomic mass is 10.1. The first-order valence-corrected chi connectivity index (χ1v) is 7.53. The first-order valence-electron chi connectivity index (χ1n) is 7.53. The Kier molecular flexibility index (Phi) is 5.21. The summed E-state index contributed by atoms with van der Waals surface area (Å²) >= 11 is 0. The summed E-state index contributed by atoms with van der Waals surface area (Å²) in [5.74, 6) is 0.782. The molecule has 0 aliphatic rings. The maximum Gasteiger partial charge on any atom is 0.227 e. The Balaban J connectivity index is 1.86. The molecule has 0 saturated carbocycles. The summed E-state index contributed by atoms with van der Waals surface area (Å²) < 4.78 is 5.65. The number of anilines is 1. The van der Waals surface area contributed by atoms with Gasteiger partial charge in [-0.05, 0) is 62.1 Å². The molecule has 0 aliphatic carbocycles. The first kappa shape index (κ1) is 16.1. The van der Waals surface area contributed by atoms with Gasteiger partial charge in [0.15, 0.2) is 0 Å². The van der Waals surface area contributed by atoms with Crippen LogP contribution in [0.5, 0.6) is 5.75 Å². The number of ether oxygens (including phenoxy) is 1. The van der Waals surface area contributed by atoms with Crippen LogP contribution in [0.15, 0.2) is 36.4 Å². The van der Waals surface area contributed by atoms with Gasteiger partial charge in [-0.3, -0.25) is 4.79 Å². The molecule has 3 nitrogen and oxygen atoms in total. The standard InChI is InChI=1S/C19H23NO2/c1-13-8-9-17(12-16(13)4)22-11-10-18(21)20-19-14(2)6-5-7-15(19)3/h5-9,12H,10-11H2,1-4H3,(H,20,21). The molecule has 3 heteroatoms. The summed E-state index contributed by atoms with van der Waals surface area (Å²) in [6.45, 7) is 8.48. The van der Waals surface area contributed by atoms with Crippen molar-refractivity contribution in [1.29, 1.82) is 0 Å². The molecule has 1 N–H and O–H groups in total. The SMILES string of the molecule is Cc1ccc(OCCC(=O)Nc2c(C)cccc2C)cc1C. The second-order valence-corrected chi connectivity index (χ2v) is 5.66. The van der Waals surface area contributed by atoms with Gasteiger partial charge in [0.05, 0.1) is 13.0 Å². The Labute approximate surface area is 132 Å². The molecule has 2 rings (SSSR count). The van der Waals surface area contributed by atoms with Gasteiger partial charge in [0.25, 0.3) is 0 Å². The van der Waals surface area contributed by atoms with Gasteiger partial charge in [-0.2, -0.15) is 0 Å². The number of para-hydroxylation sites is 1. The molecular weight excluding hydrogens is 274 g/mol. The van der Waals surface area contributed by atoms with E-state index >= 15 is 0 Å². The number of carbonyl (C=O) groups excluding carboxylic acids is 1. The molecule has 2 aromatic carbocycles. The topological polar surface area (TPSA) is 38.3 Å². The predicted molar refractivity (Wildman–Crippen MR) is 90.6 cm³/mol. The third kappa shape index (κ3) is 4.10. The van der Waals surface area contributed by atoms with Crippen molar-refractivity contribution in [2.45, 2.75) is 34.1 Å². The highest BCUT2D eigenvalue weighted by Crippen LogP contribution is 2.20. The van der Waals surface area contributed by atoms with Crippen molar-refractivity contribution in [2.24, 2.45) is 0 Å². The minimum Gasteiger partial charge on any atom is -0.493 e. The monoisotopic (exact) mass is 297 g/mol. The van der Waals surface area contributed by atoms with E-state index in [1.165, 1.54) is 11.1 Å². The fourth-order valence-electron chi connectivity index (χ4n) is 2.28. The van der Waals surface area contributed by atoms with Crippen LogP contribution in [0.3, 0.4) is 0 Å². The van der Waals surface area contributed by atoms with Gasteiger partial charge in [0.2, 0.25) is 5.91 Å². The van der Waals surface area contributed by atoms with Crippen LogP contribution in [-0.4, -0.2) is 12.5 Å². The summed E-state index contributed by atoms with van der Waals surface area (Å²) in [5, 5.41) is 2.97. The molecule has 0 bridgehead atoms. The number of benzene rings is 2. The molecule has 1 amide bonds. The Morgan fingerprint density at radius 1 is 0.955 bits per heavy atom. The molecule has 0 heterocycles. The summed E-state index contributed by atoms with van der Waals surface area (Å²) in [5.41, 5.74) is 5.48. The fraction of sp³-hybridized carbons (Fsp3) is 0.316. The largest absolute Gasteiger partial charge is 0.493 e. The van der Waals surface area contributed by atoms with Crippen LogP contribution in [0, 0.1) is 27.7 Å². The van der Waals surface area contributed by atoms with E-state index in [9.17, 15) is 4.79 Å². The average Bonchev–Trinajstić information content (AvgIpc) is 2.47. The highest BCUT2D eigenvalue weighted by Gasteiger charge is 2.07. The minimum atomic E-state index is -0.0266. The molecule has 116 valence electrons. The fourth-order valence-corrected chi connectivity index (χ4v) is 2.28. The molecule has 22 heavy (non-hydrogen) atoms. The van der Waals surface area contributed by atoms with Crippen LogP contribution in [0.4, 0.5) is 5.69 Å². The molecule has 0 spiro atoms. The number of amides is 1. The highest BCUT2D eigenvalue weighted by molar-refractivity contribution is 5.92. The maximum atomic E-state index is 12.0. The Hall–Kier alpha value is -2.29. The third-order valence-electron chi connectivity index (χ3n) is 3.82. The summed E-state index contributed by atoms with van der Waals surface area (Å²) in [7, 11) is 0. The van der Waals surface area contributed by atoms with Crippen molar-refractivity contribution in [3.63, 3.8) is 0 Å². The number of aryl methyl sites for hydroxylation is 4. The Morgan fingerprint density at radius 2 is 1.64 bits per heavy atom. The van der Waals surface area contributed by atoms with Crippen molar-refractivity contribution < 1.29 is 9.53 Å². The molecular formula is C19H23NO2. The van der Waals surface area contributed by atoms with Crippen molar-refractivity contribution in [3.8, 4) is 5.75 Å². The van der Waals surface area contributed by atoms with Crippen LogP contribution in [0.1, 0.15) is 28.7 Å². The molecule has 0 saturated heterocycles. The molecule has 0 aromatic heterocycles. The highest BCUT2D eigenvalue weighted by atomic mass is 16.5. The molecule has 0 atom stereocenters. The van der Waals surface area contributed by atoms with E-state index in [1.54, 1.807) is 0 Å². The average molecular weight is 297 g/mol. The smallest absolute Gasteiger partial charge is 0.227 e. The summed E-state index contributed by atoms with van der Waals surface area (Å²) in [6.07, 6.45) is 0.334. The lowest BCUT2D eigenvalue weighted by molar-refractivity contribution is -0.116. The van der Waals surface area contributed by atoms with Crippen molar-refractivity contribution >= 4 is 11.6 Å². The van der Waals surface area contributed by atoms with Crippen molar-refractivity contribution in [2.75, 3.05) is 11.9 Å². The van der Waals surface area contributed by atoms with Gasteiger partial charge >= 0.3 is 0 Å². The third-order valence-corrected chi connectivity index (χ3v) is 3.82. The quantitative estimate of drug-likeness (QED) is 0.892. The lowest BCUT2D eigenvalue weighted by Gasteiger charge is -2.12. The van der Waals surface area contributed by atoms with E-state index < -0.39 is 0 Å². The summed E-state index contributed by atoms with van der Waals surface area (Å²) in [4.78, 5) is 12.0. The second-order valence-electron chi connectivity index (χ2n) is 5.66. The summed E-state index contributed by atoms with van der Waals surface area (Å²) in [6, 6.07) is 11.9. The van der Waals surface area contributed by atoms with E-state index in [-0.39, 0.29) is 5.91 Å². The molecule has 0 unspecified atom stereocenters. The molecule has 0 radical (unpaired) electrons. The van der Waals surface area contributed by atoms with E-state index in [2.05, 4.69) is 19.2 Å². The van der Waals surface area contributed by atoms with E-state index in [4.69, 9.17) is 4.74 Å². The second kappa shape index (κ2) is 7.12. The Morgan fingerprint density at radius 3 is 2.27 bits per heavy atom. The first-order chi connectivity index (χ1) is 10.5. The number of hydrogen-bond acceptors (Lipinski definition) is 2. The zero-order valence-corrected chi connectivity index (χ0v) is 13.7. The van der Waals surface area contributed by atoms with Gasteiger partial charge in [-0.25, -0.2) is 0 Å². The zero-order valence-electron chi connectivity index (χ0n) is 13.7. The number of hydrogen-bond donors (Lipinski definition) is 1. The lowest BCUT2D eigenvalue weighted by Crippen LogP contribution is -2.16. The minimum absolute atomic E-state index is 0.0266. The van der Waals surface area contributed by atoms with Gasteiger partial charge in [0.1, 0.15) is 5.75 Å². The van der Waals surface area contributed by atoms with Crippen LogP contribution in [-0.2, 0) is 4.79 Å². The van der Waals surface area contributed by atoms with Gasteiger partial charge in [0, 0.05) is 5.69 Å². The van der Waals surface area contributed by atoms with Crippen molar-refractivity contribution in [1.82, 2.24) is 0 Å². The van der Waals surface area contributed by atoms with E-state index in [0.717, 1.165) is 22.6 Å². The van der Waals surface area contributed by atoms with E-state index in [1.807, 2.05) is 50.2 Å². The normalized spacial score (nSPS) is 10.4. The maximum absolute atomic E-state index is 12.0. The van der Waals surface area contributed by atoms with Gasteiger partial charge < -0.3 is 10.1 Å². The molecule has 2 aromatic rings. The molecule has 0 aliphatic heterocycles. The number of carbonyl (C=O) groups is 1. The van der Waals surface area contributed by atoms with Gasteiger partial charge in [-0.1, -0.05) is 24.3 Å². The predicted octanol–water partition coefficient (Wildman–Crippen LogP) is 4.33. The van der Waals surface area contributed by atoms with Crippen LogP contribution < -0.4 is 10.1 Å². The van der Waals surface area contributed by atoms with Crippen LogP contribution >= 0.6 is 0 Å².